The Morgan fingerprint density at radius 2 is 1.90 bits per heavy atom. The topological polar surface area (TPSA) is 79.4 Å². The zero-order chi connectivity index (χ0) is 20.6. The van der Waals surface area contributed by atoms with Crippen molar-refractivity contribution >= 4 is 43.2 Å². The van der Waals surface area contributed by atoms with Gasteiger partial charge >= 0.3 is 0 Å². The molecule has 1 amide bonds. The molecular formula is C21H23N3O3S2. The maximum absolute atomic E-state index is 12.9. The molecule has 2 heterocycles. The van der Waals surface area contributed by atoms with Gasteiger partial charge in [-0.05, 0) is 49.6 Å². The first kappa shape index (κ1) is 19.8. The van der Waals surface area contributed by atoms with Crippen molar-refractivity contribution in [2.24, 2.45) is 0 Å². The van der Waals surface area contributed by atoms with Gasteiger partial charge in [-0.25, -0.2) is 13.4 Å². The molecule has 1 aliphatic rings. The predicted octanol–water partition coefficient (Wildman–Crippen LogP) is 4.00. The lowest BCUT2D eigenvalue weighted by atomic mass is 9.97. The number of thiazole rings is 1. The van der Waals surface area contributed by atoms with E-state index in [-0.39, 0.29) is 5.91 Å². The Labute approximate surface area is 174 Å². The number of carbonyl (C=O) groups is 1. The first-order valence-electron chi connectivity index (χ1n) is 9.53. The smallest absolute Gasteiger partial charge is 0.253 e. The number of sulfonamides is 1. The Morgan fingerprint density at radius 1 is 1.17 bits per heavy atom. The number of fused-ring (bicyclic) bond motifs is 1. The predicted molar refractivity (Wildman–Crippen MR) is 117 cm³/mol. The molecule has 0 unspecified atom stereocenters. The Balaban J connectivity index is 1.45. The number of anilines is 1. The van der Waals surface area contributed by atoms with Crippen molar-refractivity contribution in [2.45, 2.75) is 25.7 Å². The summed E-state index contributed by atoms with van der Waals surface area (Å²) in [4.78, 5) is 19.6. The van der Waals surface area contributed by atoms with Gasteiger partial charge in [-0.3, -0.25) is 9.52 Å². The Hall–Kier alpha value is -2.45. The van der Waals surface area contributed by atoms with Gasteiger partial charge in [0.2, 0.25) is 10.0 Å². The molecule has 1 aliphatic heterocycles. The molecule has 29 heavy (non-hydrogen) atoms. The molecule has 8 heteroatoms. The highest BCUT2D eigenvalue weighted by Crippen LogP contribution is 2.34. The van der Waals surface area contributed by atoms with Crippen molar-refractivity contribution in [3.05, 3.63) is 58.6 Å². The van der Waals surface area contributed by atoms with E-state index in [2.05, 4.69) is 10.8 Å². The number of rotatable bonds is 4. The van der Waals surface area contributed by atoms with Crippen molar-refractivity contribution in [1.82, 2.24) is 9.88 Å². The molecule has 0 spiro atoms. The van der Waals surface area contributed by atoms with Gasteiger partial charge in [0.25, 0.3) is 5.91 Å². The third-order valence-corrected chi connectivity index (χ3v) is 7.01. The van der Waals surface area contributed by atoms with Gasteiger partial charge in [0.05, 0.1) is 27.2 Å². The van der Waals surface area contributed by atoms with Crippen LogP contribution >= 0.6 is 11.3 Å². The third-order valence-electron chi connectivity index (χ3n) is 5.22. The Kier molecular flexibility index (Phi) is 5.31. The third kappa shape index (κ3) is 4.43. The van der Waals surface area contributed by atoms with Gasteiger partial charge in [-0.15, -0.1) is 11.3 Å². The molecule has 6 nitrogen and oxygen atoms in total. The number of hydrogen-bond acceptors (Lipinski definition) is 5. The zero-order valence-electron chi connectivity index (χ0n) is 16.4. The molecule has 0 aliphatic carbocycles. The minimum atomic E-state index is -3.40. The first-order valence-corrected chi connectivity index (χ1v) is 12.2. The second kappa shape index (κ2) is 7.76. The molecule has 2 aromatic carbocycles. The van der Waals surface area contributed by atoms with E-state index in [4.69, 9.17) is 4.98 Å². The van der Waals surface area contributed by atoms with Gasteiger partial charge in [0.15, 0.2) is 0 Å². The minimum Gasteiger partial charge on any atom is -0.339 e. The summed E-state index contributed by atoms with van der Waals surface area (Å²) in [6.45, 7) is 3.15. The lowest BCUT2D eigenvalue weighted by Gasteiger charge is -2.31. The van der Waals surface area contributed by atoms with Crippen molar-refractivity contribution in [2.75, 3.05) is 24.1 Å². The van der Waals surface area contributed by atoms with E-state index in [0.29, 0.717) is 30.3 Å². The first-order chi connectivity index (χ1) is 13.8. The quantitative estimate of drug-likeness (QED) is 0.680. The molecule has 3 aromatic rings. The van der Waals surface area contributed by atoms with Crippen LogP contribution in [0.15, 0.2) is 42.5 Å². The summed E-state index contributed by atoms with van der Waals surface area (Å²) in [5.41, 5.74) is 2.76. The van der Waals surface area contributed by atoms with E-state index in [1.54, 1.807) is 29.5 Å². The fraction of sp³-hybridized carbons (Fsp3) is 0.333. The second-order valence-corrected chi connectivity index (χ2v) is 10.3. The molecule has 0 radical (unpaired) electrons. The van der Waals surface area contributed by atoms with E-state index in [0.717, 1.165) is 35.2 Å². The molecule has 1 saturated heterocycles. The number of amides is 1. The van der Waals surface area contributed by atoms with Gasteiger partial charge in [-0.2, -0.15) is 0 Å². The van der Waals surface area contributed by atoms with Crippen LogP contribution in [-0.2, 0) is 10.0 Å². The van der Waals surface area contributed by atoms with Crippen molar-refractivity contribution in [1.29, 1.82) is 0 Å². The van der Waals surface area contributed by atoms with Gasteiger partial charge in [0.1, 0.15) is 0 Å². The highest BCUT2D eigenvalue weighted by atomic mass is 32.2. The molecular weight excluding hydrogens is 406 g/mol. The molecule has 0 bridgehead atoms. The van der Waals surface area contributed by atoms with E-state index in [1.807, 2.05) is 30.0 Å². The van der Waals surface area contributed by atoms with Gasteiger partial charge in [0, 0.05) is 24.6 Å². The number of likely N-dealkylation sites (tertiary alicyclic amines) is 1. The number of nitrogens with zero attached hydrogens (tertiary/aromatic N) is 2. The summed E-state index contributed by atoms with van der Waals surface area (Å²) in [7, 11) is -3.40. The maximum Gasteiger partial charge on any atom is 0.253 e. The number of para-hydroxylation sites is 1. The number of piperidine rings is 1. The molecule has 0 saturated carbocycles. The monoisotopic (exact) mass is 429 g/mol. The summed E-state index contributed by atoms with van der Waals surface area (Å²) in [5.74, 6) is 0.307. The van der Waals surface area contributed by atoms with Crippen molar-refractivity contribution in [3.63, 3.8) is 0 Å². The number of nitrogens with one attached hydrogen (secondary N) is 1. The number of hydrogen-bond donors (Lipinski definition) is 1. The minimum absolute atomic E-state index is 0.0655. The van der Waals surface area contributed by atoms with Crippen LogP contribution in [0.5, 0.6) is 0 Å². The van der Waals surface area contributed by atoms with Crippen LogP contribution in [-0.4, -0.2) is 43.6 Å². The number of aromatic nitrogens is 1. The van der Waals surface area contributed by atoms with Crippen LogP contribution < -0.4 is 4.72 Å². The van der Waals surface area contributed by atoms with Crippen LogP contribution in [0.25, 0.3) is 10.2 Å². The number of benzene rings is 2. The summed E-state index contributed by atoms with van der Waals surface area (Å²) >= 11 is 1.74. The van der Waals surface area contributed by atoms with Crippen LogP contribution in [0.1, 0.15) is 39.7 Å². The Morgan fingerprint density at radius 3 is 2.59 bits per heavy atom. The average Bonchev–Trinajstić information content (AvgIpc) is 3.12. The summed E-state index contributed by atoms with van der Waals surface area (Å²) in [6.07, 6.45) is 2.87. The Bertz CT molecular complexity index is 1130. The van der Waals surface area contributed by atoms with Gasteiger partial charge in [-0.1, -0.05) is 18.2 Å². The second-order valence-electron chi connectivity index (χ2n) is 7.49. The lowest BCUT2D eigenvalue weighted by Crippen LogP contribution is -2.38. The number of aryl methyl sites for hydroxylation is 1. The van der Waals surface area contributed by atoms with Crippen molar-refractivity contribution in [3.8, 4) is 0 Å². The normalized spacial score (nSPS) is 15.6. The highest BCUT2D eigenvalue weighted by molar-refractivity contribution is 7.92. The van der Waals surface area contributed by atoms with Crippen LogP contribution in [0.3, 0.4) is 0 Å². The highest BCUT2D eigenvalue weighted by Gasteiger charge is 2.27. The fourth-order valence-corrected chi connectivity index (χ4v) is 5.40. The van der Waals surface area contributed by atoms with E-state index < -0.39 is 10.0 Å². The molecule has 1 fully saturated rings. The van der Waals surface area contributed by atoms with E-state index in [9.17, 15) is 13.2 Å². The van der Waals surface area contributed by atoms with Crippen LogP contribution in [0.2, 0.25) is 0 Å². The molecule has 1 aromatic heterocycles. The molecule has 4 rings (SSSR count). The molecule has 152 valence electrons. The zero-order valence-corrected chi connectivity index (χ0v) is 18.0. The van der Waals surface area contributed by atoms with E-state index >= 15 is 0 Å². The fourth-order valence-electron chi connectivity index (χ4n) is 3.64. The standard InChI is InChI=1S/C21H23N3O3S2/c1-14-7-8-16(13-18(14)23-29(2,26)27)21(25)24-11-9-15(10-12-24)20-22-17-5-3-4-6-19(17)28-20/h3-8,13,15,23H,9-12H2,1-2H3. The largest absolute Gasteiger partial charge is 0.339 e. The lowest BCUT2D eigenvalue weighted by molar-refractivity contribution is 0.0713. The number of carbonyl (C=O) groups excluding carboxylic acids is 1. The SMILES string of the molecule is Cc1ccc(C(=O)N2CCC(c3nc4ccccc4s3)CC2)cc1NS(C)(=O)=O. The summed E-state index contributed by atoms with van der Waals surface area (Å²) in [6, 6.07) is 13.3. The summed E-state index contributed by atoms with van der Waals surface area (Å²) < 4.78 is 26.8. The molecule has 1 N–H and O–H groups in total. The summed E-state index contributed by atoms with van der Waals surface area (Å²) in [5, 5.41) is 1.15. The van der Waals surface area contributed by atoms with E-state index in [1.165, 1.54) is 4.70 Å². The average molecular weight is 430 g/mol. The molecule has 0 atom stereocenters. The van der Waals surface area contributed by atoms with Crippen molar-refractivity contribution < 1.29 is 13.2 Å². The van der Waals surface area contributed by atoms with Crippen LogP contribution in [0.4, 0.5) is 5.69 Å². The maximum atomic E-state index is 12.9. The van der Waals surface area contributed by atoms with Crippen LogP contribution in [0, 0.1) is 6.92 Å². The van der Waals surface area contributed by atoms with Gasteiger partial charge < -0.3 is 4.90 Å².